The van der Waals surface area contributed by atoms with Crippen LogP contribution in [0.15, 0.2) is 46.7 Å². The van der Waals surface area contributed by atoms with Crippen molar-refractivity contribution in [3.63, 3.8) is 0 Å². The van der Waals surface area contributed by atoms with Gasteiger partial charge in [-0.2, -0.15) is 0 Å². The van der Waals surface area contributed by atoms with Crippen LogP contribution in [0.1, 0.15) is 21.6 Å². The topological polar surface area (TPSA) is 117 Å². The van der Waals surface area contributed by atoms with E-state index in [2.05, 4.69) is 20.2 Å². The Balaban J connectivity index is 1.10. The number of piperazine rings is 1. The zero-order valence-electron chi connectivity index (χ0n) is 18.3. The van der Waals surface area contributed by atoms with Crippen LogP contribution in [-0.4, -0.2) is 64.6 Å². The van der Waals surface area contributed by atoms with Gasteiger partial charge in [-0.25, -0.2) is 4.98 Å². The fourth-order valence-electron chi connectivity index (χ4n) is 3.89. The number of pyridine rings is 1. The normalized spacial score (nSPS) is 15.4. The summed E-state index contributed by atoms with van der Waals surface area (Å²) < 4.78 is 10.8. The van der Waals surface area contributed by atoms with E-state index < -0.39 is 0 Å². The SMILES string of the molecule is O=C(Nc1nc(CC(=O)N2CCN(Cc3ccc4c(c3)OCO4)CC2)cs1)c1ccc(=O)[nH]c1. The Kier molecular flexibility index (Phi) is 6.28. The van der Waals surface area contributed by atoms with Crippen LogP contribution in [0.25, 0.3) is 0 Å². The number of hydrogen-bond acceptors (Lipinski definition) is 8. The second-order valence-corrected chi connectivity index (χ2v) is 8.92. The summed E-state index contributed by atoms with van der Waals surface area (Å²) in [5, 5.41) is 4.88. The summed E-state index contributed by atoms with van der Waals surface area (Å²) in [6, 6.07) is 8.72. The molecule has 0 aliphatic carbocycles. The number of hydrogen-bond donors (Lipinski definition) is 2. The Bertz CT molecular complexity index is 1240. The van der Waals surface area contributed by atoms with Gasteiger partial charge >= 0.3 is 0 Å². The molecule has 2 N–H and O–H groups in total. The van der Waals surface area contributed by atoms with Crippen LogP contribution in [0.5, 0.6) is 11.5 Å². The average Bonchev–Trinajstić information content (AvgIpc) is 3.49. The van der Waals surface area contributed by atoms with E-state index in [4.69, 9.17) is 9.47 Å². The monoisotopic (exact) mass is 481 g/mol. The van der Waals surface area contributed by atoms with E-state index in [1.54, 1.807) is 5.38 Å². The number of aromatic nitrogens is 2. The maximum atomic E-state index is 12.8. The Labute approximate surface area is 199 Å². The predicted octanol–water partition coefficient (Wildman–Crippen LogP) is 1.70. The number of amides is 2. The Morgan fingerprint density at radius 3 is 2.71 bits per heavy atom. The summed E-state index contributed by atoms with van der Waals surface area (Å²) in [4.78, 5) is 47.2. The summed E-state index contributed by atoms with van der Waals surface area (Å²) in [6.45, 7) is 3.95. The molecule has 0 bridgehead atoms. The van der Waals surface area contributed by atoms with E-state index in [-0.39, 0.29) is 30.6 Å². The van der Waals surface area contributed by atoms with Gasteiger partial charge in [0.15, 0.2) is 16.6 Å². The summed E-state index contributed by atoms with van der Waals surface area (Å²) >= 11 is 1.26. The van der Waals surface area contributed by atoms with E-state index in [9.17, 15) is 14.4 Å². The van der Waals surface area contributed by atoms with Gasteiger partial charge in [0, 0.05) is 50.4 Å². The van der Waals surface area contributed by atoms with Crippen molar-refractivity contribution in [1.29, 1.82) is 0 Å². The number of nitrogens with zero attached hydrogens (tertiary/aromatic N) is 3. The van der Waals surface area contributed by atoms with Gasteiger partial charge in [0.1, 0.15) is 0 Å². The molecule has 2 aromatic heterocycles. The predicted molar refractivity (Wildman–Crippen MR) is 125 cm³/mol. The number of ether oxygens (including phenoxy) is 2. The van der Waals surface area contributed by atoms with E-state index in [1.165, 1.54) is 29.7 Å². The molecule has 34 heavy (non-hydrogen) atoms. The molecule has 2 aliphatic heterocycles. The summed E-state index contributed by atoms with van der Waals surface area (Å²) in [6.07, 6.45) is 1.54. The van der Waals surface area contributed by atoms with E-state index >= 15 is 0 Å². The van der Waals surface area contributed by atoms with Crippen LogP contribution >= 0.6 is 11.3 Å². The first-order valence-corrected chi connectivity index (χ1v) is 11.7. The molecule has 0 spiro atoms. The maximum absolute atomic E-state index is 12.8. The fraction of sp³-hybridized carbons (Fsp3) is 0.304. The molecule has 0 atom stereocenters. The molecule has 1 aromatic carbocycles. The number of carbonyl (C=O) groups is 2. The number of anilines is 1. The smallest absolute Gasteiger partial charge is 0.258 e. The van der Waals surface area contributed by atoms with E-state index in [0.29, 0.717) is 29.5 Å². The van der Waals surface area contributed by atoms with Gasteiger partial charge < -0.3 is 19.4 Å². The van der Waals surface area contributed by atoms with E-state index in [0.717, 1.165) is 36.7 Å². The highest BCUT2D eigenvalue weighted by molar-refractivity contribution is 7.14. The summed E-state index contributed by atoms with van der Waals surface area (Å²) in [5.41, 5.74) is 1.82. The van der Waals surface area contributed by atoms with Crippen molar-refractivity contribution in [3.8, 4) is 11.5 Å². The molecule has 3 aromatic rings. The first kappa shape index (κ1) is 22.1. The summed E-state index contributed by atoms with van der Waals surface area (Å²) in [5.74, 6) is 1.21. The minimum absolute atomic E-state index is 0.0199. The molecule has 0 saturated carbocycles. The third kappa shape index (κ3) is 5.10. The van der Waals surface area contributed by atoms with Crippen LogP contribution in [0.3, 0.4) is 0 Å². The highest BCUT2D eigenvalue weighted by Gasteiger charge is 2.23. The number of aromatic amines is 1. The zero-order chi connectivity index (χ0) is 23.5. The van der Waals surface area contributed by atoms with Crippen LogP contribution in [0, 0.1) is 0 Å². The van der Waals surface area contributed by atoms with Gasteiger partial charge in [-0.1, -0.05) is 6.07 Å². The molecule has 2 aliphatic rings. The number of nitrogens with one attached hydrogen (secondary N) is 2. The van der Waals surface area contributed by atoms with Crippen molar-refractivity contribution in [1.82, 2.24) is 19.8 Å². The second-order valence-electron chi connectivity index (χ2n) is 8.06. The first-order valence-electron chi connectivity index (χ1n) is 10.9. The number of thiazole rings is 1. The van der Waals surface area contributed by atoms with Gasteiger partial charge in [0.25, 0.3) is 5.91 Å². The van der Waals surface area contributed by atoms with Crippen LogP contribution < -0.4 is 20.3 Å². The first-order chi connectivity index (χ1) is 16.5. The lowest BCUT2D eigenvalue weighted by molar-refractivity contribution is -0.132. The number of fused-ring (bicyclic) bond motifs is 1. The molecular formula is C23H23N5O5S. The lowest BCUT2D eigenvalue weighted by Gasteiger charge is -2.34. The highest BCUT2D eigenvalue weighted by Crippen LogP contribution is 2.32. The molecule has 1 saturated heterocycles. The second kappa shape index (κ2) is 9.65. The quantitative estimate of drug-likeness (QED) is 0.550. The summed E-state index contributed by atoms with van der Waals surface area (Å²) in [7, 11) is 0. The van der Waals surface area contributed by atoms with Crippen LogP contribution in [-0.2, 0) is 17.8 Å². The van der Waals surface area contributed by atoms with Crippen molar-refractivity contribution in [2.24, 2.45) is 0 Å². The molecular weight excluding hydrogens is 458 g/mol. The molecule has 4 heterocycles. The van der Waals surface area contributed by atoms with Crippen molar-refractivity contribution in [2.45, 2.75) is 13.0 Å². The van der Waals surface area contributed by atoms with E-state index in [1.807, 2.05) is 23.1 Å². The van der Waals surface area contributed by atoms with Crippen molar-refractivity contribution in [3.05, 3.63) is 69.1 Å². The molecule has 1 fully saturated rings. The molecule has 176 valence electrons. The molecule has 10 nitrogen and oxygen atoms in total. The van der Waals surface area contributed by atoms with Gasteiger partial charge in [-0.3, -0.25) is 24.6 Å². The maximum Gasteiger partial charge on any atom is 0.258 e. The minimum Gasteiger partial charge on any atom is -0.454 e. The molecule has 0 radical (unpaired) electrons. The van der Waals surface area contributed by atoms with Gasteiger partial charge in [-0.15, -0.1) is 11.3 Å². The fourth-order valence-corrected chi connectivity index (χ4v) is 4.59. The molecule has 0 unspecified atom stereocenters. The van der Waals surface area contributed by atoms with Gasteiger partial charge in [-0.05, 0) is 23.8 Å². The van der Waals surface area contributed by atoms with Crippen LogP contribution in [0.4, 0.5) is 5.13 Å². The highest BCUT2D eigenvalue weighted by atomic mass is 32.1. The zero-order valence-corrected chi connectivity index (χ0v) is 19.1. The van der Waals surface area contributed by atoms with Gasteiger partial charge in [0.05, 0.1) is 17.7 Å². The lowest BCUT2D eigenvalue weighted by atomic mass is 10.1. The number of carbonyl (C=O) groups excluding carboxylic acids is 2. The Hall–Kier alpha value is -3.70. The molecule has 5 rings (SSSR count). The Morgan fingerprint density at radius 1 is 1.09 bits per heavy atom. The number of rotatable bonds is 6. The van der Waals surface area contributed by atoms with Gasteiger partial charge in [0.2, 0.25) is 18.3 Å². The minimum atomic E-state index is -0.373. The third-order valence-corrected chi connectivity index (χ3v) is 6.53. The third-order valence-electron chi connectivity index (χ3n) is 5.72. The average molecular weight is 482 g/mol. The van der Waals surface area contributed by atoms with Crippen molar-refractivity contribution < 1.29 is 19.1 Å². The number of H-pyrrole nitrogens is 1. The molecule has 11 heteroatoms. The molecule has 2 amide bonds. The van der Waals surface area contributed by atoms with Crippen molar-refractivity contribution in [2.75, 3.05) is 38.3 Å². The largest absolute Gasteiger partial charge is 0.454 e. The standard InChI is InChI=1S/C23H23N5O5S/c29-20-4-2-16(11-24-20)22(31)26-23-25-17(13-34-23)10-21(30)28-7-5-27(6-8-28)12-15-1-3-18-19(9-15)33-14-32-18/h1-4,9,11,13H,5-8,10,12,14H2,(H,24,29)(H,25,26,31). The van der Waals surface area contributed by atoms with Crippen molar-refractivity contribution >= 4 is 28.3 Å². The number of benzene rings is 1. The lowest BCUT2D eigenvalue weighted by Crippen LogP contribution is -2.48. The Morgan fingerprint density at radius 2 is 1.91 bits per heavy atom. The van der Waals surface area contributed by atoms with Crippen LogP contribution in [0.2, 0.25) is 0 Å².